The fourth-order valence-corrected chi connectivity index (χ4v) is 2.72. The lowest BCUT2D eigenvalue weighted by atomic mass is 10.1. The number of aromatic nitrogens is 2. The minimum absolute atomic E-state index is 0.439. The van der Waals surface area contributed by atoms with Crippen molar-refractivity contribution in [2.45, 2.75) is 38.8 Å². The lowest BCUT2D eigenvalue weighted by Gasteiger charge is -2.40. The van der Waals surface area contributed by atoms with E-state index in [-0.39, 0.29) is 0 Å². The number of halogens is 1. The number of hydrogen-bond donors (Lipinski definition) is 1. The van der Waals surface area contributed by atoms with Crippen LogP contribution in [-0.4, -0.2) is 42.3 Å². The molecule has 0 radical (unpaired) electrons. The van der Waals surface area contributed by atoms with Gasteiger partial charge in [-0.05, 0) is 28.8 Å². The molecule has 0 aromatic carbocycles. The molecule has 1 saturated heterocycles. The van der Waals surface area contributed by atoms with Crippen LogP contribution in [0.2, 0.25) is 0 Å². The van der Waals surface area contributed by atoms with Crippen molar-refractivity contribution in [2.24, 2.45) is 0 Å². The summed E-state index contributed by atoms with van der Waals surface area (Å²) in [6, 6.07) is 0.940. The summed E-state index contributed by atoms with van der Waals surface area (Å²) < 4.78 is 6.04. The van der Waals surface area contributed by atoms with Crippen LogP contribution < -0.4 is 15.0 Å². The molecule has 0 amide bonds. The molecule has 2 unspecified atom stereocenters. The Morgan fingerprint density at radius 1 is 1.47 bits per heavy atom. The molecule has 2 atom stereocenters. The number of methoxy groups -OCH3 is 1. The number of nitrogens with zero attached hydrogens (tertiary/aromatic N) is 3. The standard InChI is InChI=1S/C13H21BrN4O/c1-4-9-8-18(10(5-2)6-15-9)13-16-7-11(14)12(17-13)19-3/h7,9-10,15H,4-6,8H2,1-3H3. The van der Waals surface area contributed by atoms with Crippen molar-refractivity contribution in [2.75, 3.05) is 25.1 Å². The van der Waals surface area contributed by atoms with E-state index in [2.05, 4.69) is 50.0 Å². The van der Waals surface area contributed by atoms with Gasteiger partial charge in [-0.25, -0.2) is 4.98 Å². The first kappa shape index (κ1) is 14.5. The normalized spacial score (nSPS) is 23.5. The predicted octanol–water partition coefficient (Wildman–Crippen LogP) is 2.21. The highest BCUT2D eigenvalue weighted by Gasteiger charge is 2.28. The van der Waals surface area contributed by atoms with E-state index in [1.54, 1.807) is 13.3 Å². The number of rotatable bonds is 4. The van der Waals surface area contributed by atoms with Gasteiger partial charge in [-0.3, -0.25) is 0 Å². The molecule has 6 heteroatoms. The van der Waals surface area contributed by atoms with Crippen molar-refractivity contribution >= 4 is 21.9 Å². The fourth-order valence-electron chi connectivity index (χ4n) is 2.37. The van der Waals surface area contributed by atoms with Gasteiger partial charge in [-0.1, -0.05) is 13.8 Å². The molecule has 106 valence electrons. The molecule has 1 N–H and O–H groups in total. The Bertz CT molecular complexity index is 429. The van der Waals surface area contributed by atoms with Crippen molar-refractivity contribution in [1.29, 1.82) is 0 Å². The van der Waals surface area contributed by atoms with Crippen LogP contribution >= 0.6 is 15.9 Å². The molecule has 1 aliphatic heterocycles. The summed E-state index contributed by atoms with van der Waals surface area (Å²) >= 11 is 3.39. The van der Waals surface area contributed by atoms with Gasteiger partial charge in [0.25, 0.3) is 0 Å². The lowest BCUT2D eigenvalue weighted by Crippen LogP contribution is -2.56. The Hall–Kier alpha value is -0.880. The topological polar surface area (TPSA) is 50.3 Å². The summed E-state index contributed by atoms with van der Waals surface area (Å²) in [5.41, 5.74) is 0. The van der Waals surface area contributed by atoms with Crippen molar-refractivity contribution in [3.63, 3.8) is 0 Å². The number of ether oxygens (including phenoxy) is 1. The van der Waals surface area contributed by atoms with Crippen LogP contribution in [0.5, 0.6) is 5.88 Å². The summed E-state index contributed by atoms with van der Waals surface area (Å²) in [5, 5.41) is 3.57. The molecule has 5 nitrogen and oxygen atoms in total. The first-order valence-corrected chi connectivity index (χ1v) is 7.55. The zero-order chi connectivity index (χ0) is 13.8. The Balaban J connectivity index is 2.25. The zero-order valence-corrected chi connectivity index (χ0v) is 13.3. The van der Waals surface area contributed by atoms with Gasteiger partial charge in [-0.2, -0.15) is 4.98 Å². The largest absolute Gasteiger partial charge is 0.480 e. The summed E-state index contributed by atoms with van der Waals surface area (Å²) in [5.74, 6) is 1.35. The van der Waals surface area contributed by atoms with Gasteiger partial charge in [0.1, 0.15) is 0 Å². The van der Waals surface area contributed by atoms with E-state index in [1.165, 1.54) is 0 Å². The maximum Gasteiger partial charge on any atom is 0.232 e. The van der Waals surface area contributed by atoms with E-state index in [1.807, 2.05) is 0 Å². The van der Waals surface area contributed by atoms with E-state index in [4.69, 9.17) is 4.74 Å². The lowest BCUT2D eigenvalue weighted by molar-refractivity contribution is 0.367. The predicted molar refractivity (Wildman–Crippen MR) is 79.8 cm³/mol. The molecule has 0 saturated carbocycles. The fraction of sp³-hybridized carbons (Fsp3) is 0.692. The number of piperazine rings is 1. The third kappa shape index (κ3) is 3.17. The van der Waals surface area contributed by atoms with Crippen molar-refractivity contribution in [3.8, 4) is 5.88 Å². The Labute approximate surface area is 122 Å². The molecule has 19 heavy (non-hydrogen) atoms. The molecule has 2 heterocycles. The van der Waals surface area contributed by atoms with Crippen LogP contribution in [0.25, 0.3) is 0 Å². The maximum absolute atomic E-state index is 5.26. The van der Waals surface area contributed by atoms with Gasteiger partial charge in [-0.15, -0.1) is 0 Å². The van der Waals surface area contributed by atoms with Crippen LogP contribution in [0.1, 0.15) is 26.7 Å². The molecule has 1 aliphatic rings. The zero-order valence-electron chi connectivity index (χ0n) is 11.7. The van der Waals surface area contributed by atoms with Crippen molar-refractivity contribution in [3.05, 3.63) is 10.7 Å². The second-order valence-electron chi connectivity index (χ2n) is 4.76. The minimum atomic E-state index is 0.439. The number of hydrogen-bond acceptors (Lipinski definition) is 5. The van der Waals surface area contributed by atoms with Gasteiger partial charge in [0.15, 0.2) is 0 Å². The monoisotopic (exact) mass is 328 g/mol. The number of nitrogens with one attached hydrogen (secondary N) is 1. The second-order valence-corrected chi connectivity index (χ2v) is 5.61. The van der Waals surface area contributed by atoms with E-state index in [9.17, 15) is 0 Å². The highest BCUT2D eigenvalue weighted by molar-refractivity contribution is 9.10. The van der Waals surface area contributed by atoms with Crippen LogP contribution in [0, 0.1) is 0 Å². The second kappa shape index (κ2) is 6.52. The van der Waals surface area contributed by atoms with Gasteiger partial charge in [0, 0.05) is 25.2 Å². The van der Waals surface area contributed by atoms with Crippen LogP contribution in [0.3, 0.4) is 0 Å². The first-order valence-electron chi connectivity index (χ1n) is 6.76. The molecule has 0 spiro atoms. The molecule has 1 aromatic heterocycles. The van der Waals surface area contributed by atoms with Gasteiger partial charge in [0.2, 0.25) is 11.8 Å². The van der Waals surface area contributed by atoms with Gasteiger partial charge < -0.3 is 15.0 Å². The summed E-state index contributed by atoms with van der Waals surface area (Å²) in [7, 11) is 1.63. The molecule has 1 fully saturated rings. The molecular formula is C13H21BrN4O. The quantitative estimate of drug-likeness (QED) is 0.918. The molecule has 0 bridgehead atoms. The van der Waals surface area contributed by atoms with Crippen LogP contribution in [-0.2, 0) is 0 Å². The highest BCUT2D eigenvalue weighted by Crippen LogP contribution is 2.25. The molecule has 0 aliphatic carbocycles. The Kier molecular flexibility index (Phi) is 4.99. The van der Waals surface area contributed by atoms with Crippen LogP contribution in [0.15, 0.2) is 10.7 Å². The SMILES string of the molecule is CCC1CN(c2ncc(Br)c(OC)n2)C(CC)CN1. The molecule has 2 rings (SSSR count). The van der Waals surface area contributed by atoms with Gasteiger partial charge in [0.05, 0.1) is 17.8 Å². The van der Waals surface area contributed by atoms with Crippen molar-refractivity contribution in [1.82, 2.24) is 15.3 Å². The molecular weight excluding hydrogens is 308 g/mol. The Morgan fingerprint density at radius 3 is 2.89 bits per heavy atom. The average molecular weight is 329 g/mol. The van der Waals surface area contributed by atoms with E-state index < -0.39 is 0 Å². The minimum Gasteiger partial charge on any atom is -0.480 e. The Morgan fingerprint density at radius 2 is 2.26 bits per heavy atom. The van der Waals surface area contributed by atoms with Crippen molar-refractivity contribution < 1.29 is 4.74 Å². The first-order chi connectivity index (χ1) is 9.19. The summed E-state index contributed by atoms with van der Waals surface area (Å²) in [6.45, 7) is 6.32. The number of anilines is 1. The smallest absolute Gasteiger partial charge is 0.232 e. The van der Waals surface area contributed by atoms with Gasteiger partial charge >= 0.3 is 0 Å². The summed E-state index contributed by atoms with van der Waals surface area (Å²) in [4.78, 5) is 11.2. The van der Waals surface area contributed by atoms with E-state index in [0.29, 0.717) is 18.0 Å². The van der Waals surface area contributed by atoms with E-state index in [0.717, 1.165) is 36.4 Å². The van der Waals surface area contributed by atoms with E-state index >= 15 is 0 Å². The summed E-state index contributed by atoms with van der Waals surface area (Å²) in [6.07, 6.45) is 3.95. The highest BCUT2D eigenvalue weighted by atomic mass is 79.9. The third-order valence-corrected chi connectivity index (χ3v) is 4.16. The average Bonchev–Trinajstić information content (AvgIpc) is 2.47. The third-order valence-electron chi connectivity index (χ3n) is 3.61. The molecule has 1 aromatic rings. The maximum atomic E-state index is 5.26. The van der Waals surface area contributed by atoms with Crippen LogP contribution in [0.4, 0.5) is 5.95 Å².